The Labute approximate surface area is 116 Å². The van der Waals surface area contributed by atoms with Crippen molar-refractivity contribution in [3.63, 3.8) is 0 Å². The van der Waals surface area contributed by atoms with E-state index in [0.717, 1.165) is 12.8 Å². The van der Waals surface area contributed by atoms with E-state index in [-0.39, 0.29) is 5.69 Å². The van der Waals surface area contributed by atoms with Crippen LogP contribution in [-0.2, 0) is 4.79 Å². The van der Waals surface area contributed by atoms with E-state index in [1.165, 1.54) is 12.1 Å². The number of amides is 1. The molecule has 1 aromatic carbocycles. The van der Waals surface area contributed by atoms with Crippen LogP contribution in [0.2, 0.25) is 0 Å². The number of halogens is 3. The van der Waals surface area contributed by atoms with Gasteiger partial charge in [-0.15, -0.1) is 5.10 Å². The van der Waals surface area contributed by atoms with Crippen molar-refractivity contribution < 1.29 is 18.0 Å². The Bertz CT molecular complexity index is 660. The lowest BCUT2D eigenvalue weighted by atomic mass is 10.2. The molecule has 21 heavy (non-hydrogen) atoms. The highest BCUT2D eigenvalue weighted by Crippen LogP contribution is 2.36. The highest BCUT2D eigenvalue weighted by molar-refractivity contribution is 5.95. The number of rotatable bonds is 3. The SMILES string of the molecule is O=C(Nc1ccc(-c2nnnn2C2CC2)cc1)C(F)(F)F. The first-order chi connectivity index (χ1) is 9.95. The molecule has 0 aliphatic heterocycles. The first-order valence-corrected chi connectivity index (χ1v) is 6.21. The van der Waals surface area contributed by atoms with Crippen molar-refractivity contribution in [3.8, 4) is 11.4 Å². The summed E-state index contributed by atoms with van der Waals surface area (Å²) in [5, 5.41) is 13.2. The average molecular weight is 297 g/mol. The fourth-order valence-electron chi connectivity index (χ4n) is 1.85. The molecule has 1 heterocycles. The number of alkyl halides is 3. The van der Waals surface area contributed by atoms with Crippen molar-refractivity contribution in [1.82, 2.24) is 20.2 Å². The van der Waals surface area contributed by atoms with Crippen LogP contribution in [0.5, 0.6) is 0 Å². The van der Waals surface area contributed by atoms with Crippen molar-refractivity contribution >= 4 is 11.6 Å². The van der Waals surface area contributed by atoms with E-state index in [9.17, 15) is 18.0 Å². The van der Waals surface area contributed by atoms with Crippen LogP contribution in [0.15, 0.2) is 24.3 Å². The van der Waals surface area contributed by atoms with Gasteiger partial charge < -0.3 is 5.32 Å². The Morgan fingerprint density at radius 3 is 2.48 bits per heavy atom. The molecule has 0 radical (unpaired) electrons. The van der Waals surface area contributed by atoms with E-state index in [2.05, 4.69) is 15.5 Å². The number of hydrogen-bond acceptors (Lipinski definition) is 4. The van der Waals surface area contributed by atoms with Gasteiger partial charge in [0.2, 0.25) is 0 Å². The molecule has 1 aromatic heterocycles. The van der Waals surface area contributed by atoms with Gasteiger partial charge in [-0.3, -0.25) is 4.79 Å². The van der Waals surface area contributed by atoms with Gasteiger partial charge in [-0.25, -0.2) is 4.68 Å². The number of benzene rings is 1. The molecule has 3 rings (SSSR count). The summed E-state index contributed by atoms with van der Waals surface area (Å²) in [5.41, 5.74) is 0.739. The van der Waals surface area contributed by atoms with Crippen molar-refractivity contribution in [3.05, 3.63) is 24.3 Å². The number of anilines is 1. The van der Waals surface area contributed by atoms with Crippen molar-refractivity contribution in [1.29, 1.82) is 0 Å². The molecular formula is C12H10F3N5O. The fourth-order valence-corrected chi connectivity index (χ4v) is 1.85. The number of tetrazole rings is 1. The Morgan fingerprint density at radius 2 is 1.90 bits per heavy atom. The molecule has 0 unspecified atom stereocenters. The van der Waals surface area contributed by atoms with Gasteiger partial charge in [0, 0.05) is 11.3 Å². The zero-order valence-corrected chi connectivity index (χ0v) is 10.6. The molecule has 9 heteroatoms. The summed E-state index contributed by atoms with van der Waals surface area (Å²) < 4.78 is 38.1. The molecule has 6 nitrogen and oxygen atoms in total. The molecule has 2 aromatic rings. The highest BCUT2D eigenvalue weighted by atomic mass is 19.4. The summed E-state index contributed by atoms with van der Waals surface area (Å²) >= 11 is 0. The Hall–Kier alpha value is -2.45. The standard InChI is InChI=1S/C12H10F3N5O/c13-12(14,15)11(21)16-8-3-1-7(2-4-8)10-17-18-19-20(10)9-5-6-9/h1-4,9H,5-6H2,(H,16,21). The minimum absolute atomic E-state index is 0.0616. The Balaban J connectivity index is 1.78. The summed E-state index contributed by atoms with van der Waals surface area (Å²) in [4.78, 5) is 10.8. The third-order valence-corrected chi connectivity index (χ3v) is 3.04. The van der Waals surface area contributed by atoms with Crippen LogP contribution in [-0.4, -0.2) is 32.3 Å². The predicted molar refractivity (Wildman–Crippen MR) is 66.2 cm³/mol. The van der Waals surface area contributed by atoms with Gasteiger partial charge in [0.1, 0.15) is 0 Å². The highest BCUT2D eigenvalue weighted by Gasteiger charge is 2.38. The van der Waals surface area contributed by atoms with E-state index in [1.807, 2.05) is 0 Å². The lowest BCUT2D eigenvalue weighted by Crippen LogP contribution is -2.29. The maximum absolute atomic E-state index is 12.1. The van der Waals surface area contributed by atoms with E-state index in [0.29, 0.717) is 17.4 Å². The average Bonchev–Trinajstić information content (AvgIpc) is 3.16. The van der Waals surface area contributed by atoms with E-state index < -0.39 is 12.1 Å². The molecular weight excluding hydrogens is 287 g/mol. The number of aromatic nitrogens is 4. The zero-order valence-electron chi connectivity index (χ0n) is 10.6. The number of hydrogen-bond donors (Lipinski definition) is 1. The summed E-state index contributed by atoms with van der Waals surface area (Å²) in [6.45, 7) is 0. The Kier molecular flexibility index (Phi) is 3.11. The predicted octanol–water partition coefficient (Wildman–Crippen LogP) is 2.18. The first-order valence-electron chi connectivity index (χ1n) is 6.21. The molecule has 110 valence electrons. The second kappa shape index (κ2) is 4.83. The number of nitrogens with one attached hydrogen (secondary N) is 1. The maximum Gasteiger partial charge on any atom is 0.471 e. The number of carbonyl (C=O) groups excluding carboxylic acids is 1. The van der Waals surface area contributed by atoms with E-state index >= 15 is 0 Å². The smallest absolute Gasteiger partial charge is 0.318 e. The lowest BCUT2D eigenvalue weighted by molar-refractivity contribution is -0.167. The normalized spacial score (nSPS) is 15.0. The van der Waals surface area contributed by atoms with Crippen LogP contribution in [0.25, 0.3) is 11.4 Å². The fraction of sp³-hybridized carbons (Fsp3) is 0.333. The second-order valence-corrected chi connectivity index (χ2v) is 4.71. The molecule has 0 bridgehead atoms. The van der Waals surface area contributed by atoms with Gasteiger partial charge in [0.25, 0.3) is 0 Å². The van der Waals surface area contributed by atoms with Gasteiger partial charge in [0.15, 0.2) is 5.82 Å². The number of nitrogens with zero attached hydrogens (tertiary/aromatic N) is 4. The second-order valence-electron chi connectivity index (χ2n) is 4.71. The molecule has 0 saturated heterocycles. The minimum atomic E-state index is -4.91. The molecule has 1 amide bonds. The molecule has 1 saturated carbocycles. The molecule has 0 spiro atoms. The summed E-state index contributed by atoms with van der Waals surface area (Å²) in [5.74, 6) is -1.44. The largest absolute Gasteiger partial charge is 0.471 e. The summed E-state index contributed by atoms with van der Waals surface area (Å²) in [7, 11) is 0. The molecule has 1 aliphatic carbocycles. The quantitative estimate of drug-likeness (QED) is 0.942. The van der Waals surface area contributed by atoms with Crippen LogP contribution in [0, 0.1) is 0 Å². The minimum Gasteiger partial charge on any atom is -0.318 e. The van der Waals surface area contributed by atoms with Gasteiger partial charge in [-0.05, 0) is 47.5 Å². The topological polar surface area (TPSA) is 72.7 Å². The van der Waals surface area contributed by atoms with Crippen molar-refractivity contribution in [2.24, 2.45) is 0 Å². The van der Waals surface area contributed by atoms with Gasteiger partial charge >= 0.3 is 12.1 Å². The molecule has 0 atom stereocenters. The third-order valence-electron chi connectivity index (χ3n) is 3.04. The van der Waals surface area contributed by atoms with Crippen molar-refractivity contribution in [2.45, 2.75) is 25.1 Å². The van der Waals surface area contributed by atoms with Crippen LogP contribution < -0.4 is 5.32 Å². The first kappa shape index (κ1) is 13.5. The summed E-state index contributed by atoms with van der Waals surface area (Å²) in [6.07, 6.45) is -2.88. The maximum atomic E-state index is 12.1. The Morgan fingerprint density at radius 1 is 1.24 bits per heavy atom. The van der Waals surface area contributed by atoms with Crippen molar-refractivity contribution in [2.75, 3.05) is 5.32 Å². The third kappa shape index (κ3) is 2.86. The van der Waals surface area contributed by atoms with Gasteiger partial charge in [-0.1, -0.05) is 0 Å². The molecule has 1 fully saturated rings. The van der Waals surface area contributed by atoms with Crippen LogP contribution >= 0.6 is 0 Å². The lowest BCUT2D eigenvalue weighted by Gasteiger charge is -2.08. The van der Waals surface area contributed by atoms with Gasteiger partial charge in [0.05, 0.1) is 6.04 Å². The van der Waals surface area contributed by atoms with Crippen LogP contribution in [0.3, 0.4) is 0 Å². The zero-order chi connectivity index (χ0) is 15.0. The molecule has 1 N–H and O–H groups in total. The molecule has 1 aliphatic rings. The monoisotopic (exact) mass is 297 g/mol. The van der Waals surface area contributed by atoms with E-state index in [4.69, 9.17) is 0 Å². The van der Waals surface area contributed by atoms with Crippen LogP contribution in [0.1, 0.15) is 18.9 Å². The van der Waals surface area contributed by atoms with Gasteiger partial charge in [-0.2, -0.15) is 13.2 Å². The summed E-state index contributed by atoms with van der Waals surface area (Å²) in [6, 6.07) is 6.18. The van der Waals surface area contributed by atoms with Crippen LogP contribution in [0.4, 0.5) is 18.9 Å². The number of carbonyl (C=O) groups is 1. The van der Waals surface area contributed by atoms with E-state index in [1.54, 1.807) is 22.1 Å².